The zero-order valence-corrected chi connectivity index (χ0v) is 11.0. The molecule has 1 aromatic carbocycles. The summed E-state index contributed by atoms with van der Waals surface area (Å²) in [6.07, 6.45) is 2.55. The second-order valence-electron chi connectivity index (χ2n) is 4.46. The Morgan fingerprint density at radius 1 is 1.39 bits per heavy atom. The molecule has 1 aliphatic rings. The van der Waals surface area contributed by atoms with Crippen molar-refractivity contribution in [3.05, 3.63) is 32.3 Å². The lowest BCUT2D eigenvalue weighted by Crippen LogP contribution is -2.48. The molecule has 1 aromatic rings. The summed E-state index contributed by atoms with van der Waals surface area (Å²) in [6, 6.07) is 2.65. The molecule has 0 spiro atoms. The number of aliphatic hydroxyl groups is 1. The standard InChI is InChI=1S/C11H12Cl2N2O3/c12-7-4-9(10(15(17)18)5-8(7)13)14-11(6-16)2-1-3-11/h4-5,14,16H,1-3,6H2. The lowest BCUT2D eigenvalue weighted by molar-refractivity contribution is -0.384. The van der Waals surface area contributed by atoms with E-state index in [0.717, 1.165) is 19.3 Å². The Balaban J connectivity index is 2.36. The van der Waals surface area contributed by atoms with Crippen molar-refractivity contribution in [1.82, 2.24) is 0 Å². The fraction of sp³-hybridized carbons (Fsp3) is 0.455. The molecule has 18 heavy (non-hydrogen) atoms. The number of rotatable bonds is 4. The summed E-state index contributed by atoms with van der Waals surface area (Å²) in [7, 11) is 0. The summed E-state index contributed by atoms with van der Waals surface area (Å²) in [5.41, 5.74) is -0.311. The van der Waals surface area contributed by atoms with Crippen molar-refractivity contribution in [2.24, 2.45) is 0 Å². The molecule has 0 aromatic heterocycles. The Kier molecular flexibility index (Phi) is 3.66. The third-order valence-corrected chi connectivity index (χ3v) is 3.97. The molecule has 1 aliphatic carbocycles. The number of hydrogen-bond donors (Lipinski definition) is 2. The second-order valence-corrected chi connectivity index (χ2v) is 5.27. The van der Waals surface area contributed by atoms with Gasteiger partial charge in [0.05, 0.1) is 27.1 Å². The van der Waals surface area contributed by atoms with Crippen molar-refractivity contribution in [3.63, 3.8) is 0 Å². The maximum absolute atomic E-state index is 11.0. The topological polar surface area (TPSA) is 75.4 Å². The molecule has 1 saturated carbocycles. The van der Waals surface area contributed by atoms with Gasteiger partial charge in [-0.1, -0.05) is 23.2 Å². The Labute approximate surface area is 114 Å². The van der Waals surface area contributed by atoms with Crippen LogP contribution in [-0.4, -0.2) is 22.2 Å². The minimum atomic E-state index is -0.520. The first kappa shape index (κ1) is 13.4. The van der Waals surface area contributed by atoms with Crippen LogP contribution < -0.4 is 5.32 Å². The van der Waals surface area contributed by atoms with E-state index in [1.807, 2.05) is 0 Å². The van der Waals surface area contributed by atoms with Crippen molar-refractivity contribution >= 4 is 34.6 Å². The van der Waals surface area contributed by atoms with Crippen LogP contribution in [0.25, 0.3) is 0 Å². The van der Waals surface area contributed by atoms with Crippen LogP contribution in [0.15, 0.2) is 12.1 Å². The van der Waals surface area contributed by atoms with Crippen LogP contribution in [-0.2, 0) is 0 Å². The van der Waals surface area contributed by atoms with Gasteiger partial charge in [-0.15, -0.1) is 0 Å². The lowest BCUT2D eigenvalue weighted by atomic mass is 9.77. The van der Waals surface area contributed by atoms with Gasteiger partial charge in [0.2, 0.25) is 0 Å². The fourth-order valence-electron chi connectivity index (χ4n) is 2.00. The molecule has 1 fully saturated rings. The monoisotopic (exact) mass is 290 g/mol. The van der Waals surface area contributed by atoms with E-state index in [1.54, 1.807) is 0 Å². The quantitative estimate of drug-likeness (QED) is 0.659. The molecule has 0 atom stereocenters. The molecule has 0 amide bonds. The second kappa shape index (κ2) is 4.91. The number of nitro benzene ring substituents is 1. The number of aliphatic hydroxyl groups excluding tert-OH is 1. The number of anilines is 1. The molecule has 5 nitrogen and oxygen atoms in total. The van der Waals surface area contributed by atoms with Gasteiger partial charge >= 0.3 is 0 Å². The Hall–Kier alpha value is -1.04. The molecule has 2 rings (SSSR count). The number of benzene rings is 1. The molecule has 0 bridgehead atoms. The average Bonchev–Trinajstić information content (AvgIpc) is 2.27. The highest BCUT2D eigenvalue weighted by molar-refractivity contribution is 6.42. The van der Waals surface area contributed by atoms with Crippen molar-refractivity contribution < 1.29 is 10.0 Å². The molecule has 0 aliphatic heterocycles. The molecule has 2 N–H and O–H groups in total. The summed E-state index contributed by atoms with van der Waals surface area (Å²) in [5, 5.41) is 23.7. The Morgan fingerprint density at radius 2 is 2.00 bits per heavy atom. The summed E-state index contributed by atoms with van der Waals surface area (Å²) in [6.45, 7) is -0.0651. The van der Waals surface area contributed by atoms with E-state index in [1.165, 1.54) is 12.1 Å². The molecular weight excluding hydrogens is 279 g/mol. The molecule has 0 saturated heterocycles. The van der Waals surface area contributed by atoms with Crippen LogP contribution in [0.1, 0.15) is 19.3 Å². The Morgan fingerprint density at radius 3 is 2.44 bits per heavy atom. The van der Waals surface area contributed by atoms with Crippen molar-refractivity contribution in [2.75, 3.05) is 11.9 Å². The van der Waals surface area contributed by atoms with E-state index in [9.17, 15) is 15.2 Å². The minimum absolute atomic E-state index is 0.0651. The minimum Gasteiger partial charge on any atom is -0.394 e. The molecule has 98 valence electrons. The normalized spacial score (nSPS) is 17.1. The zero-order valence-electron chi connectivity index (χ0n) is 9.45. The largest absolute Gasteiger partial charge is 0.394 e. The fourth-order valence-corrected chi connectivity index (χ4v) is 2.32. The number of nitro groups is 1. The van der Waals surface area contributed by atoms with Gasteiger partial charge in [-0.05, 0) is 25.3 Å². The maximum atomic E-state index is 11.0. The van der Waals surface area contributed by atoms with Gasteiger partial charge in [-0.2, -0.15) is 0 Å². The summed E-state index contributed by atoms with van der Waals surface area (Å²) in [4.78, 5) is 10.4. The lowest BCUT2D eigenvalue weighted by Gasteiger charge is -2.41. The van der Waals surface area contributed by atoms with Gasteiger partial charge in [0, 0.05) is 6.07 Å². The summed E-state index contributed by atoms with van der Waals surface area (Å²) in [5.74, 6) is 0. The first-order valence-corrected chi connectivity index (χ1v) is 6.25. The van der Waals surface area contributed by atoms with E-state index in [-0.39, 0.29) is 22.3 Å². The number of nitrogens with zero attached hydrogens (tertiary/aromatic N) is 1. The van der Waals surface area contributed by atoms with Crippen LogP contribution in [0, 0.1) is 10.1 Å². The van der Waals surface area contributed by atoms with Gasteiger partial charge in [0.1, 0.15) is 5.69 Å². The van der Waals surface area contributed by atoms with Gasteiger partial charge in [-0.25, -0.2) is 0 Å². The van der Waals surface area contributed by atoms with Crippen LogP contribution in [0.3, 0.4) is 0 Å². The van der Waals surface area contributed by atoms with Gasteiger partial charge in [0.25, 0.3) is 5.69 Å². The average molecular weight is 291 g/mol. The highest BCUT2D eigenvalue weighted by Gasteiger charge is 2.37. The van der Waals surface area contributed by atoms with E-state index in [4.69, 9.17) is 23.2 Å². The molecule has 0 unspecified atom stereocenters. The first-order chi connectivity index (χ1) is 8.47. The van der Waals surface area contributed by atoms with Crippen LogP contribution >= 0.6 is 23.2 Å². The predicted octanol–water partition coefficient (Wildman–Crippen LogP) is 3.23. The van der Waals surface area contributed by atoms with Crippen molar-refractivity contribution in [1.29, 1.82) is 0 Å². The molecule has 7 heteroatoms. The number of halogens is 2. The smallest absolute Gasteiger partial charge is 0.293 e. The summed E-state index contributed by atoms with van der Waals surface area (Å²) >= 11 is 11.6. The summed E-state index contributed by atoms with van der Waals surface area (Å²) < 4.78 is 0. The van der Waals surface area contributed by atoms with Crippen LogP contribution in [0.4, 0.5) is 11.4 Å². The SMILES string of the molecule is O=[N+]([O-])c1cc(Cl)c(Cl)cc1NC1(CO)CCC1. The molecular formula is C11H12Cl2N2O3. The molecule has 0 radical (unpaired) electrons. The predicted molar refractivity (Wildman–Crippen MR) is 70.4 cm³/mol. The van der Waals surface area contributed by atoms with Gasteiger partial charge < -0.3 is 10.4 Å². The zero-order chi connectivity index (χ0) is 13.3. The van der Waals surface area contributed by atoms with Crippen molar-refractivity contribution in [3.8, 4) is 0 Å². The Bertz CT molecular complexity index is 484. The highest BCUT2D eigenvalue weighted by atomic mass is 35.5. The number of nitrogens with one attached hydrogen (secondary N) is 1. The third-order valence-electron chi connectivity index (χ3n) is 3.25. The van der Waals surface area contributed by atoms with E-state index in [0.29, 0.717) is 5.69 Å². The van der Waals surface area contributed by atoms with E-state index >= 15 is 0 Å². The third kappa shape index (κ3) is 2.39. The number of hydrogen-bond acceptors (Lipinski definition) is 4. The molecule has 0 heterocycles. The van der Waals surface area contributed by atoms with Gasteiger partial charge in [-0.3, -0.25) is 10.1 Å². The van der Waals surface area contributed by atoms with E-state index < -0.39 is 10.5 Å². The maximum Gasteiger partial charge on any atom is 0.293 e. The van der Waals surface area contributed by atoms with Crippen LogP contribution in [0.2, 0.25) is 10.0 Å². The van der Waals surface area contributed by atoms with Gasteiger partial charge in [0.15, 0.2) is 0 Å². The van der Waals surface area contributed by atoms with E-state index in [2.05, 4.69) is 5.32 Å². The highest BCUT2D eigenvalue weighted by Crippen LogP contribution is 2.40. The van der Waals surface area contributed by atoms with Crippen LogP contribution in [0.5, 0.6) is 0 Å². The first-order valence-electron chi connectivity index (χ1n) is 5.50. The van der Waals surface area contributed by atoms with Crippen molar-refractivity contribution in [2.45, 2.75) is 24.8 Å².